The third-order valence-corrected chi connectivity index (χ3v) is 5.78. The third kappa shape index (κ3) is 6.22. The minimum atomic E-state index is -0.0261. The Bertz CT molecular complexity index is 773. The van der Waals surface area contributed by atoms with Crippen LogP contribution < -0.4 is 5.32 Å². The van der Waals surface area contributed by atoms with Crippen LogP contribution >= 0.6 is 23.4 Å². The van der Waals surface area contributed by atoms with Gasteiger partial charge in [-0.3, -0.25) is 4.79 Å². The summed E-state index contributed by atoms with van der Waals surface area (Å²) < 4.78 is 5.62. The summed E-state index contributed by atoms with van der Waals surface area (Å²) in [6.07, 6.45) is 1.29. The Morgan fingerprint density at radius 3 is 2.64 bits per heavy atom. The number of carbonyl (C=O) groups is 1. The number of carbonyl (C=O) groups excluding carboxylic acids is 1. The summed E-state index contributed by atoms with van der Waals surface area (Å²) in [5.74, 6) is 2.08. The van der Waals surface area contributed by atoms with Crippen LogP contribution in [-0.4, -0.2) is 52.4 Å². The van der Waals surface area contributed by atoms with E-state index in [1.807, 2.05) is 12.1 Å². The van der Waals surface area contributed by atoms with E-state index in [2.05, 4.69) is 41.2 Å². The Balaban J connectivity index is 1.43. The van der Waals surface area contributed by atoms with Gasteiger partial charge in [-0.05, 0) is 49.4 Å². The molecule has 0 radical (unpaired) electrons. The zero-order valence-corrected chi connectivity index (χ0v) is 18.1. The molecule has 2 aromatic rings. The number of piperidine rings is 1. The minimum Gasteiger partial charge on any atom is -0.411 e. The molecule has 152 valence electrons. The van der Waals surface area contributed by atoms with Gasteiger partial charge >= 0.3 is 0 Å². The Morgan fingerprint density at radius 2 is 1.96 bits per heavy atom. The molecule has 3 unspecified atom stereocenters. The summed E-state index contributed by atoms with van der Waals surface area (Å²) in [5, 5.41) is 12.1. The van der Waals surface area contributed by atoms with E-state index in [9.17, 15) is 4.79 Å². The van der Waals surface area contributed by atoms with E-state index in [-0.39, 0.29) is 17.7 Å². The number of likely N-dealkylation sites (tertiary alicyclic amines) is 1. The maximum atomic E-state index is 12.3. The minimum absolute atomic E-state index is 0.0261. The van der Waals surface area contributed by atoms with Gasteiger partial charge in [0.15, 0.2) is 0 Å². The van der Waals surface area contributed by atoms with Crippen LogP contribution in [0.15, 0.2) is 33.9 Å². The van der Waals surface area contributed by atoms with Crippen molar-refractivity contribution in [2.45, 2.75) is 38.5 Å². The second-order valence-electron chi connectivity index (χ2n) is 7.80. The van der Waals surface area contributed by atoms with Gasteiger partial charge in [0, 0.05) is 36.3 Å². The van der Waals surface area contributed by atoms with Crippen LogP contribution in [0.4, 0.5) is 0 Å². The average Bonchev–Trinajstić information content (AvgIpc) is 3.08. The first kappa shape index (κ1) is 21.1. The molecule has 1 N–H and O–H groups in total. The molecule has 1 amide bonds. The van der Waals surface area contributed by atoms with Crippen molar-refractivity contribution in [1.29, 1.82) is 0 Å². The lowest BCUT2D eigenvalue weighted by molar-refractivity contribution is -0.119. The summed E-state index contributed by atoms with van der Waals surface area (Å²) in [5.41, 5.74) is 0.798. The Labute approximate surface area is 175 Å². The van der Waals surface area contributed by atoms with Gasteiger partial charge in [0.1, 0.15) is 0 Å². The second-order valence-corrected chi connectivity index (χ2v) is 9.16. The van der Waals surface area contributed by atoms with Gasteiger partial charge in [-0.25, -0.2) is 0 Å². The van der Waals surface area contributed by atoms with Gasteiger partial charge in [-0.2, -0.15) is 0 Å². The quantitative estimate of drug-likeness (QED) is 0.681. The maximum Gasteiger partial charge on any atom is 0.277 e. The molecule has 2 heterocycles. The summed E-state index contributed by atoms with van der Waals surface area (Å²) >= 11 is 7.13. The fraction of sp³-hybridized carbons (Fsp3) is 0.550. The fourth-order valence-electron chi connectivity index (χ4n) is 3.80. The van der Waals surface area contributed by atoms with Crippen molar-refractivity contribution >= 4 is 29.3 Å². The molecule has 3 rings (SSSR count). The zero-order chi connectivity index (χ0) is 20.1. The third-order valence-electron chi connectivity index (χ3n) is 4.71. The highest BCUT2D eigenvalue weighted by molar-refractivity contribution is 7.99. The van der Waals surface area contributed by atoms with E-state index >= 15 is 0 Å². The molecule has 6 nitrogen and oxygen atoms in total. The number of amides is 1. The number of thioether (sulfide) groups is 1. The molecule has 1 aromatic heterocycles. The molecule has 0 aliphatic carbocycles. The summed E-state index contributed by atoms with van der Waals surface area (Å²) in [6, 6.07) is 7.29. The van der Waals surface area contributed by atoms with E-state index in [0.717, 1.165) is 37.0 Å². The van der Waals surface area contributed by atoms with Crippen molar-refractivity contribution in [3.8, 4) is 11.5 Å². The van der Waals surface area contributed by atoms with Crippen LogP contribution in [0.5, 0.6) is 0 Å². The molecule has 0 spiro atoms. The van der Waals surface area contributed by atoms with Crippen LogP contribution in [0.25, 0.3) is 11.5 Å². The fourth-order valence-corrected chi connectivity index (χ4v) is 4.50. The Kier molecular flexibility index (Phi) is 7.37. The summed E-state index contributed by atoms with van der Waals surface area (Å²) in [7, 11) is 0. The molecule has 0 bridgehead atoms. The van der Waals surface area contributed by atoms with Gasteiger partial charge in [0.05, 0.1) is 5.75 Å². The first-order valence-electron chi connectivity index (χ1n) is 9.63. The lowest BCUT2D eigenvalue weighted by Gasteiger charge is -2.36. The van der Waals surface area contributed by atoms with Crippen LogP contribution in [0.3, 0.4) is 0 Å². The standard InChI is InChI=1S/C20H27ClN4O2S/c1-13-8-14(2)10-25(9-13)11-15(3)22-18(26)12-28-20-24-23-19(27-20)16-4-6-17(21)7-5-16/h4-7,13-15H,8-12H2,1-3H3,(H,22,26). The number of hydrogen-bond acceptors (Lipinski definition) is 6. The van der Waals surface area contributed by atoms with Crippen molar-refractivity contribution in [3.05, 3.63) is 29.3 Å². The number of rotatable bonds is 7. The van der Waals surface area contributed by atoms with E-state index in [1.54, 1.807) is 12.1 Å². The first-order chi connectivity index (χ1) is 13.4. The Morgan fingerprint density at radius 1 is 1.29 bits per heavy atom. The van der Waals surface area contributed by atoms with Gasteiger partial charge in [-0.15, -0.1) is 10.2 Å². The van der Waals surface area contributed by atoms with Crippen molar-refractivity contribution in [2.75, 3.05) is 25.4 Å². The van der Waals surface area contributed by atoms with Gasteiger partial charge < -0.3 is 14.6 Å². The van der Waals surface area contributed by atoms with E-state index < -0.39 is 0 Å². The van der Waals surface area contributed by atoms with Crippen LogP contribution in [-0.2, 0) is 4.79 Å². The number of nitrogens with one attached hydrogen (secondary N) is 1. The predicted octanol–water partition coefficient (Wildman–Crippen LogP) is 3.96. The largest absolute Gasteiger partial charge is 0.411 e. The predicted molar refractivity (Wildman–Crippen MR) is 112 cm³/mol. The van der Waals surface area contributed by atoms with Gasteiger partial charge in [0.25, 0.3) is 5.22 Å². The molecule has 1 saturated heterocycles. The van der Waals surface area contributed by atoms with Crippen molar-refractivity contribution in [2.24, 2.45) is 11.8 Å². The maximum absolute atomic E-state index is 12.3. The molecule has 8 heteroatoms. The summed E-state index contributed by atoms with van der Waals surface area (Å²) in [6.45, 7) is 9.74. The number of benzene rings is 1. The monoisotopic (exact) mass is 422 g/mol. The van der Waals surface area contributed by atoms with Crippen molar-refractivity contribution in [1.82, 2.24) is 20.4 Å². The van der Waals surface area contributed by atoms with Crippen molar-refractivity contribution in [3.63, 3.8) is 0 Å². The van der Waals surface area contributed by atoms with E-state index in [4.69, 9.17) is 16.0 Å². The van der Waals surface area contributed by atoms with Crippen LogP contribution in [0.1, 0.15) is 27.2 Å². The highest BCUT2D eigenvalue weighted by atomic mass is 35.5. The van der Waals surface area contributed by atoms with Crippen molar-refractivity contribution < 1.29 is 9.21 Å². The SMILES string of the molecule is CC1CC(C)CN(CC(C)NC(=O)CSc2nnc(-c3ccc(Cl)cc3)o2)C1. The smallest absolute Gasteiger partial charge is 0.277 e. The first-order valence-corrected chi connectivity index (χ1v) is 11.0. The number of nitrogens with zero attached hydrogens (tertiary/aromatic N) is 3. The van der Waals surface area contributed by atoms with E-state index in [0.29, 0.717) is 16.1 Å². The topological polar surface area (TPSA) is 71.3 Å². The number of halogens is 1. The molecule has 1 fully saturated rings. The lowest BCUT2D eigenvalue weighted by Crippen LogP contribution is -2.47. The number of aromatic nitrogens is 2. The molecule has 1 aliphatic rings. The summed E-state index contributed by atoms with van der Waals surface area (Å²) in [4.78, 5) is 14.7. The van der Waals surface area contributed by atoms with Gasteiger partial charge in [0.2, 0.25) is 11.8 Å². The number of hydrogen-bond donors (Lipinski definition) is 1. The molecule has 3 atom stereocenters. The Hall–Kier alpha value is -1.57. The molecule has 0 saturated carbocycles. The highest BCUT2D eigenvalue weighted by Crippen LogP contribution is 2.24. The molecule has 28 heavy (non-hydrogen) atoms. The molecular formula is C20H27ClN4O2S. The molecule has 1 aliphatic heterocycles. The van der Waals surface area contributed by atoms with E-state index in [1.165, 1.54) is 18.2 Å². The molecular weight excluding hydrogens is 396 g/mol. The highest BCUT2D eigenvalue weighted by Gasteiger charge is 2.23. The zero-order valence-electron chi connectivity index (χ0n) is 16.5. The van der Waals surface area contributed by atoms with Crippen LogP contribution in [0.2, 0.25) is 5.02 Å². The normalized spacial score (nSPS) is 21.4. The second kappa shape index (κ2) is 9.76. The molecule has 1 aromatic carbocycles. The van der Waals surface area contributed by atoms with Gasteiger partial charge in [-0.1, -0.05) is 37.2 Å². The van der Waals surface area contributed by atoms with Crippen LogP contribution in [0, 0.1) is 11.8 Å². The lowest BCUT2D eigenvalue weighted by atomic mass is 9.92. The average molecular weight is 423 g/mol.